The van der Waals surface area contributed by atoms with E-state index in [1.54, 1.807) is 12.1 Å². The molecule has 0 bridgehead atoms. The Hall–Kier alpha value is -0.960. The van der Waals surface area contributed by atoms with Crippen LogP contribution in [0.4, 0.5) is 5.69 Å². The number of nitrogens with two attached hydrogens (primary N) is 1. The molecule has 0 atom stereocenters. The highest BCUT2D eigenvalue weighted by atomic mass is 79.9. The van der Waals surface area contributed by atoms with Crippen molar-refractivity contribution in [3.05, 3.63) is 38.8 Å². The summed E-state index contributed by atoms with van der Waals surface area (Å²) in [6.07, 6.45) is 0. The SMILES string of the molecule is Cc1csc(CNS(=O)(=O)c2ccc(Br)cc2N)n1. The van der Waals surface area contributed by atoms with Gasteiger partial charge in [0, 0.05) is 15.5 Å². The highest BCUT2D eigenvalue weighted by Gasteiger charge is 2.17. The zero-order valence-electron chi connectivity index (χ0n) is 10.1. The fourth-order valence-electron chi connectivity index (χ4n) is 1.48. The molecule has 1 heterocycles. The standard InChI is InChI=1S/C11H12BrN3O2S2/c1-7-6-18-11(15-7)5-14-19(16,17)10-3-2-8(12)4-9(10)13/h2-4,6,14H,5,13H2,1H3. The van der Waals surface area contributed by atoms with Crippen LogP contribution in [-0.2, 0) is 16.6 Å². The van der Waals surface area contributed by atoms with Crippen LogP contribution in [-0.4, -0.2) is 13.4 Å². The Morgan fingerprint density at radius 1 is 1.47 bits per heavy atom. The summed E-state index contributed by atoms with van der Waals surface area (Å²) in [5, 5.41) is 2.59. The zero-order valence-corrected chi connectivity index (χ0v) is 13.3. The number of aryl methyl sites for hydroxylation is 1. The van der Waals surface area contributed by atoms with Gasteiger partial charge in [-0.1, -0.05) is 15.9 Å². The Morgan fingerprint density at radius 2 is 2.21 bits per heavy atom. The van der Waals surface area contributed by atoms with Crippen LogP contribution >= 0.6 is 27.3 Å². The number of benzene rings is 1. The second-order valence-corrected chi connectivity index (χ2v) is 7.48. The van der Waals surface area contributed by atoms with E-state index in [1.807, 2.05) is 12.3 Å². The molecule has 0 aliphatic rings. The van der Waals surface area contributed by atoms with Crippen molar-refractivity contribution in [1.82, 2.24) is 9.71 Å². The van der Waals surface area contributed by atoms with Crippen molar-refractivity contribution >= 4 is 43.0 Å². The van der Waals surface area contributed by atoms with Gasteiger partial charge in [-0.15, -0.1) is 11.3 Å². The molecule has 0 saturated heterocycles. The minimum Gasteiger partial charge on any atom is -0.398 e. The molecule has 0 amide bonds. The predicted octanol–water partition coefficient (Wildman–Crippen LogP) is 2.27. The highest BCUT2D eigenvalue weighted by molar-refractivity contribution is 9.10. The number of aromatic nitrogens is 1. The van der Waals surface area contributed by atoms with Gasteiger partial charge < -0.3 is 5.73 Å². The quantitative estimate of drug-likeness (QED) is 0.818. The molecular formula is C11H12BrN3O2S2. The number of nitrogen functional groups attached to an aromatic ring is 1. The third kappa shape index (κ3) is 3.53. The van der Waals surface area contributed by atoms with E-state index in [2.05, 4.69) is 25.6 Å². The Kier molecular flexibility index (Phi) is 4.24. The number of thiazole rings is 1. The lowest BCUT2D eigenvalue weighted by molar-refractivity contribution is 0.581. The number of nitrogens with zero attached hydrogens (tertiary/aromatic N) is 1. The molecule has 2 rings (SSSR count). The van der Waals surface area contributed by atoms with Crippen LogP contribution in [0.2, 0.25) is 0 Å². The van der Waals surface area contributed by atoms with E-state index in [9.17, 15) is 8.42 Å². The van der Waals surface area contributed by atoms with Crippen LogP contribution < -0.4 is 10.5 Å². The molecule has 2 aromatic rings. The monoisotopic (exact) mass is 361 g/mol. The van der Waals surface area contributed by atoms with Crippen molar-refractivity contribution in [3.63, 3.8) is 0 Å². The Bertz CT molecular complexity index is 698. The molecule has 0 aliphatic heterocycles. The molecule has 0 fully saturated rings. The lowest BCUT2D eigenvalue weighted by atomic mass is 10.3. The summed E-state index contributed by atoms with van der Waals surface area (Å²) in [5.41, 5.74) is 6.80. The molecule has 1 aromatic carbocycles. The van der Waals surface area contributed by atoms with Gasteiger partial charge in [-0.3, -0.25) is 0 Å². The van der Waals surface area contributed by atoms with Crippen LogP contribution in [0.15, 0.2) is 32.9 Å². The zero-order chi connectivity index (χ0) is 14.0. The van der Waals surface area contributed by atoms with Gasteiger partial charge in [0.1, 0.15) is 9.90 Å². The minimum atomic E-state index is -3.63. The normalized spacial score (nSPS) is 11.7. The third-order valence-electron chi connectivity index (χ3n) is 2.34. The number of hydrogen-bond donors (Lipinski definition) is 2. The van der Waals surface area contributed by atoms with Gasteiger partial charge in [0.2, 0.25) is 10.0 Å². The average Bonchev–Trinajstić information content (AvgIpc) is 2.72. The first kappa shape index (κ1) is 14.4. The average molecular weight is 362 g/mol. The number of rotatable bonds is 4. The van der Waals surface area contributed by atoms with E-state index in [1.165, 1.54) is 17.4 Å². The Morgan fingerprint density at radius 3 is 2.79 bits per heavy atom. The molecule has 0 aliphatic carbocycles. The largest absolute Gasteiger partial charge is 0.398 e. The molecular weight excluding hydrogens is 350 g/mol. The van der Waals surface area contributed by atoms with E-state index in [-0.39, 0.29) is 17.1 Å². The molecule has 0 spiro atoms. The minimum absolute atomic E-state index is 0.0731. The molecule has 3 N–H and O–H groups in total. The highest BCUT2D eigenvalue weighted by Crippen LogP contribution is 2.22. The summed E-state index contributed by atoms with van der Waals surface area (Å²) >= 11 is 4.65. The van der Waals surface area contributed by atoms with Crippen molar-refractivity contribution < 1.29 is 8.42 Å². The summed E-state index contributed by atoms with van der Waals surface area (Å²) in [4.78, 5) is 4.27. The fourth-order valence-corrected chi connectivity index (χ4v) is 3.76. The number of halogens is 1. The van der Waals surface area contributed by atoms with Gasteiger partial charge in [0.15, 0.2) is 0 Å². The molecule has 1 aromatic heterocycles. The van der Waals surface area contributed by atoms with Crippen LogP contribution in [0.1, 0.15) is 10.7 Å². The summed E-state index contributed by atoms with van der Waals surface area (Å²) in [5.74, 6) is 0. The Labute approximate surface area is 124 Å². The summed E-state index contributed by atoms with van der Waals surface area (Å²) < 4.78 is 27.5. The Balaban J connectivity index is 2.18. The first-order valence-corrected chi connectivity index (χ1v) is 8.50. The second kappa shape index (κ2) is 5.58. The molecule has 8 heteroatoms. The number of hydrogen-bond acceptors (Lipinski definition) is 5. The van der Waals surface area contributed by atoms with Crippen molar-refractivity contribution in [2.75, 3.05) is 5.73 Å². The van der Waals surface area contributed by atoms with Crippen LogP contribution in [0.5, 0.6) is 0 Å². The fraction of sp³-hybridized carbons (Fsp3) is 0.182. The first-order chi connectivity index (χ1) is 8.88. The molecule has 5 nitrogen and oxygen atoms in total. The summed E-state index contributed by atoms with van der Waals surface area (Å²) in [6, 6.07) is 4.66. The molecule has 0 unspecified atom stereocenters. The third-order valence-corrected chi connectivity index (χ3v) is 5.28. The first-order valence-electron chi connectivity index (χ1n) is 5.34. The molecule has 0 saturated carbocycles. The topological polar surface area (TPSA) is 85.1 Å². The summed E-state index contributed by atoms with van der Waals surface area (Å²) in [7, 11) is -3.63. The second-order valence-electron chi connectivity index (χ2n) is 3.89. The van der Waals surface area contributed by atoms with Crippen LogP contribution in [0.3, 0.4) is 0 Å². The molecule has 102 valence electrons. The van der Waals surface area contributed by atoms with Crippen LogP contribution in [0.25, 0.3) is 0 Å². The maximum Gasteiger partial charge on any atom is 0.242 e. The molecule has 19 heavy (non-hydrogen) atoms. The van der Waals surface area contributed by atoms with Crippen molar-refractivity contribution in [1.29, 1.82) is 0 Å². The lowest BCUT2D eigenvalue weighted by Gasteiger charge is -2.08. The van der Waals surface area contributed by atoms with Crippen LogP contribution in [0, 0.1) is 6.92 Å². The van der Waals surface area contributed by atoms with Gasteiger partial charge in [0.25, 0.3) is 0 Å². The van der Waals surface area contributed by atoms with E-state index in [0.29, 0.717) is 0 Å². The van der Waals surface area contributed by atoms with Crippen molar-refractivity contribution in [2.24, 2.45) is 0 Å². The van der Waals surface area contributed by atoms with E-state index < -0.39 is 10.0 Å². The predicted molar refractivity (Wildman–Crippen MR) is 79.4 cm³/mol. The van der Waals surface area contributed by atoms with E-state index in [0.717, 1.165) is 15.2 Å². The van der Waals surface area contributed by atoms with E-state index in [4.69, 9.17) is 5.73 Å². The van der Waals surface area contributed by atoms with E-state index >= 15 is 0 Å². The van der Waals surface area contributed by atoms with Gasteiger partial charge in [0.05, 0.1) is 12.2 Å². The van der Waals surface area contributed by atoms with Gasteiger partial charge in [-0.25, -0.2) is 18.1 Å². The number of sulfonamides is 1. The summed E-state index contributed by atoms with van der Waals surface area (Å²) in [6.45, 7) is 2.03. The maximum atomic E-state index is 12.1. The smallest absolute Gasteiger partial charge is 0.242 e. The number of nitrogens with one attached hydrogen (secondary N) is 1. The van der Waals surface area contributed by atoms with Crippen molar-refractivity contribution in [3.8, 4) is 0 Å². The van der Waals surface area contributed by atoms with Gasteiger partial charge in [-0.05, 0) is 25.1 Å². The number of anilines is 1. The lowest BCUT2D eigenvalue weighted by Crippen LogP contribution is -2.24. The molecule has 0 radical (unpaired) electrons. The maximum absolute atomic E-state index is 12.1. The van der Waals surface area contributed by atoms with Gasteiger partial charge in [-0.2, -0.15) is 0 Å². The van der Waals surface area contributed by atoms with Gasteiger partial charge >= 0.3 is 0 Å². The van der Waals surface area contributed by atoms with Crippen molar-refractivity contribution in [2.45, 2.75) is 18.4 Å².